The molecule has 8 nitrogen and oxygen atoms in total. The SMILES string of the molecule is CCC=C(COC(=O)C(C)Oc1ccc(Oc2cnc3cc(Cl)ccc3n2)cc1)ON. The van der Waals surface area contributed by atoms with Crippen LogP contribution < -0.4 is 15.4 Å². The average molecular weight is 444 g/mol. The third-order valence-corrected chi connectivity index (χ3v) is 4.35. The van der Waals surface area contributed by atoms with Crippen LogP contribution in [0.2, 0.25) is 5.02 Å². The smallest absolute Gasteiger partial charge is 0.347 e. The van der Waals surface area contributed by atoms with Gasteiger partial charge in [-0.15, -0.1) is 0 Å². The molecule has 0 fully saturated rings. The highest BCUT2D eigenvalue weighted by molar-refractivity contribution is 6.31. The molecule has 3 aromatic rings. The van der Waals surface area contributed by atoms with Gasteiger partial charge in [-0.25, -0.2) is 14.8 Å². The predicted molar refractivity (Wildman–Crippen MR) is 116 cm³/mol. The second-order valence-corrected chi connectivity index (χ2v) is 6.92. The van der Waals surface area contributed by atoms with Gasteiger partial charge >= 0.3 is 5.97 Å². The summed E-state index contributed by atoms with van der Waals surface area (Å²) >= 11 is 5.96. The van der Waals surface area contributed by atoms with Gasteiger partial charge in [-0.1, -0.05) is 18.5 Å². The topological polar surface area (TPSA) is 106 Å². The zero-order valence-corrected chi connectivity index (χ0v) is 17.8. The monoisotopic (exact) mass is 443 g/mol. The van der Waals surface area contributed by atoms with Gasteiger partial charge < -0.3 is 19.0 Å². The molecule has 2 aromatic carbocycles. The number of nitrogens with two attached hydrogens (primary N) is 1. The first-order valence-corrected chi connectivity index (χ1v) is 9.95. The van der Waals surface area contributed by atoms with Crippen LogP contribution in [-0.2, 0) is 14.4 Å². The lowest BCUT2D eigenvalue weighted by Crippen LogP contribution is -2.27. The first-order valence-electron chi connectivity index (χ1n) is 9.57. The number of fused-ring (bicyclic) bond motifs is 1. The van der Waals surface area contributed by atoms with Gasteiger partial charge in [0, 0.05) is 5.02 Å². The molecule has 1 unspecified atom stereocenters. The number of allylic oxidation sites excluding steroid dienone is 1. The number of hydrogen-bond acceptors (Lipinski definition) is 8. The van der Waals surface area contributed by atoms with E-state index in [-0.39, 0.29) is 6.61 Å². The number of benzene rings is 2. The number of aromatic nitrogens is 2. The van der Waals surface area contributed by atoms with Crippen LogP contribution in [0.1, 0.15) is 20.3 Å². The van der Waals surface area contributed by atoms with E-state index < -0.39 is 12.1 Å². The van der Waals surface area contributed by atoms with Gasteiger partial charge in [-0.2, -0.15) is 5.90 Å². The molecule has 0 saturated heterocycles. The van der Waals surface area contributed by atoms with Gasteiger partial charge in [0.05, 0.1) is 17.2 Å². The molecule has 0 spiro atoms. The van der Waals surface area contributed by atoms with Crippen molar-refractivity contribution in [1.29, 1.82) is 0 Å². The second kappa shape index (κ2) is 10.6. The molecule has 31 heavy (non-hydrogen) atoms. The van der Waals surface area contributed by atoms with E-state index in [2.05, 4.69) is 14.8 Å². The van der Waals surface area contributed by atoms with E-state index in [1.165, 1.54) is 6.20 Å². The number of ether oxygens (including phenoxy) is 3. The van der Waals surface area contributed by atoms with Crippen molar-refractivity contribution in [2.24, 2.45) is 5.90 Å². The molecule has 0 aliphatic carbocycles. The summed E-state index contributed by atoms with van der Waals surface area (Å²) in [6.07, 6.45) is 3.15. The van der Waals surface area contributed by atoms with E-state index in [1.54, 1.807) is 55.5 Å². The maximum atomic E-state index is 12.1. The van der Waals surface area contributed by atoms with Gasteiger partial charge in [0.1, 0.15) is 11.5 Å². The van der Waals surface area contributed by atoms with E-state index >= 15 is 0 Å². The molecule has 3 rings (SSSR count). The largest absolute Gasteiger partial charge is 0.479 e. The summed E-state index contributed by atoms with van der Waals surface area (Å²) in [6.45, 7) is 3.46. The highest BCUT2D eigenvalue weighted by atomic mass is 35.5. The van der Waals surface area contributed by atoms with Gasteiger partial charge in [0.25, 0.3) is 0 Å². The Kier molecular flexibility index (Phi) is 7.64. The van der Waals surface area contributed by atoms with Gasteiger partial charge in [-0.05, 0) is 61.9 Å². The molecule has 162 valence electrons. The molecule has 0 radical (unpaired) electrons. The maximum Gasteiger partial charge on any atom is 0.347 e. The fraction of sp³-hybridized carbons (Fsp3) is 0.227. The molecule has 0 amide bonds. The van der Waals surface area contributed by atoms with Gasteiger partial charge in [0.15, 0.2) is 18.5 Å². The molecule has 1 heterocycles. The molecular weight excluding hydrogens is 422 g/mol. The van der Waals surface area contributed by atoms with Crippen LogP contribution in [0.3, 0.4) is 0 Å². The highest BCUT2D eigenvalue weighted by Gasteiger charge is 2.17. The summed E-state index contributed by atoms with van der Waals surface area (Å²) in [5.41, 5.74) is 1.35. The Bertz CT molecular complexity index is 1070. The van der Waals surface area contributed by atoms with E-state index in [4.69, 9.17) is 31.7 Å². The number of carbonyl (C=O) groups is 1. The molecule has 2 N–H and O–H groups in total. The number of rotatable bonds is 9. The van der Waals surface area contributed by atoms with Crippen molar-refractivity contribution in [3.05, 3.63) is 65.5 Å². The lowest BCUT2D eigenvalue weighted by Gasteiger charge is -2.15. The third-order valence-electron chi connectivity index (χ3n) is 4.11. The van der Waals surface area contributed by atoms with Crippen molar-refractivity contribution >= 4 is 28.6 Å². The molecule has 0 aliphatic heterocycles. The summed E-state index contributed by atoms with van der Waals surface area (Å²) in [5.74, 6) is 6.34. The normalized spacial score (nSPS) is 12.3. The van der Waals surface area contributed by atoms with Crippen molar-refractivity contribution in [3.8, 4) is 17.4 Å². The molecular formula is C22H22ClN3O5. The van der Waals surface area contributed by atoms with Gasteiger partial charge in [0.2, 0.25) is 5.88 Å². The fourth-order valence-electron chi connectivity index (χ4n) is 2.60. The van der Waals surface area contributed by atoms with Crippen LogP contribution in [0.25, 0.3) is 11.0 Å². The molecule has 1 atom stereocenters. The van der Waals surface area contributed by atoms with Crippen molar-refractivity contribution < 1.29 is 23.8 Å². The van der Waals surface area contributed by atoms with Crippen molar-refractivity contribution in [2.75, 3.05) is 6.61 Å². The van der Waals surface area contributed by atoms with E-state index in [1.807, 2.05) is 6.92 Å². The molecule has 1 aromatic heterocycles. The zero-order chi connectivity index (χ0) is 22.2. The molecule has 9 heteroatoms. The van der Waals surface area contributed by atoms with Crippen LogP contribution in [0.15, 0.2) is 60.5 Å². The van der Waals surface area contributed by atoms with E-state index in [9.17, 15) is 4.79 Å². The van der Waals surface area contributed by atoms with Crippen LogP contribution in [-0.4, -0.2) is 28.6 Å². The fourth-order valence-corrected chi connectivity index (χ4v) is 2.77. The summed E-state index contributed by atoms with van der Waals surface area (Å²) in [6, 6.07) is 12.0. The quantitative estimate of drug-likeness (QED) is 0.291. The number of esters is 1. The third kappa shape index (κ3) is 6.31. The van der Waals surface area contributed by atoms with Gasteiger partial charge in [-0.3, -0.25) is 0 Å². The van der Waals surface area contributed by atoms with Crippen molar-refractivity contribution in [2.45, 2.75) is 26.4 Å². The average Bonchev–Trinajstić information content (AvgIpc) is 2.77. The summed E-state index contributed by atoms with van der Waals surface area (Å²) in [7, 11) is 0. The molecule has 0 aliphatic rings. The van der Waals surface area contributed by atoms with E-state index in [0.717, 1.165) is 0 Å². The predicted octanol–water partition coefficient (Wildman–Crippen LogP) is 4.57. The second-order valence-electron chi connectivity index (χ2n) is 6.48. The Hall–Kier alpha value is -3.36. The van der Waals surface area contributed by atoms with Crippen molar-refractivity contribution in [3.63, 3.8) is 0 Å². The van der Waals surface area contributed by atoms with E-state index in [0.29, 0.717) is 45.6 Å². The lowest BCUT2D eigenvalue weighted by atomic mass is 10.3. The van der Waals surface area contributed by atoms with Crippen LogP contribution in [0, 0.1) is 0 Å². The standard InChI is InChI=1S/C22H22ClN3O5/c1-3-4-18(31-24)13-28-22(27)14(2)29-16-6-8-17(9-7-16)30-21-12-25-20-11-15(23)5-10-19(20)26-21/h4-12,14H,3,13,24H2,1-2H3. The minimum Gasteiger partial charge on any atom is -0.479 e. The Labute approximate surface area is 184 Å². The van der Waals surface area contributed by atoms with Crippen molar-refractivity contribution in [1.82, 2.24) is 9.97 Å². The number of carbonyl (C=O) groups excluding carboxylic acids is 1. The maximum absolute atomic E-state index is 12.1. The Morgan fingerprint density at radius 1 is 1.16 bits per heavy atom. The van der Waals surface area contributed by atoms with Crippen LogP contribution >= 0.6 is 11.6 Å². The highest BCUT2D eigenvalue weighted by Crippen LogP contribution is 2.25. The zero-order valence-electron chi connectivity index (χ0n) is 17.1. The number of nitrogens with zero attached hydrogens (tertiary/aromatic N) is 2. The summed E-state index contributed by atoms with van der Waals surface area (Å²) < 4.78 is 16.5. The Morgan fingerprint density at radius 2 is 1.90 bits per heavy atom. The first-order chi connectivity index (χ1) is 15.0. The first kappa shape index (κ1) is 22.3. The van der Waals surface area contributed by atoms with Crippen LogP contribution in [0.4, 0.5) is 0 Å². The minimum absolute atomic E-state index is 0.0529. The Morgan fingerprint density at radius 3 is 2.61 bits per heavy atom. The Balaban J connectivity index is 1.56. The lowest BCUT2D eigenvalue weighted by molar-refractivity contribution is -0.151. The minimum atomic E-state index is -0.814. The summed E-state index contributed by atoms with van der Waals surface area (Å²) in [4.78, 5) is 25.4. The van der Waals surface area contributed by atoms with Crippen LogP contribution in [0.5, 0.6) is 17.4 Å². The summed E-state index contributed by atoms with van der Waals surface area (Å²) in [5, 5.41) is 0.592. The number of hydrogen-bond donors (Lipinski definition) is 1. The molecule has 0 saturated carbocycles. The number of halogens is 1. The molecule has 0 bridgehead atoms.